The molecule has 0 atom stereocenters. The third kappa shape index (κ3) is 5.01. The van der Waals surface area contributed by atoms with Crippen molar-refractivity contribution in [3.63, 3.8) is 0 Å². The lowest BCUT2D eigenvalue weighted by molar-refractivity contribution is -0.142. The van der Waals surface area contributed by atoms with Crippen LogP contribution in [0.3, 0.4) is 0 Å². The van der Waals surface area contributed by atoms with Gasteiger partial charge in [-0.05, 0) is 19.8 Å². The summed E-state index contributed by atoms with van der Waals surface area (Å²) in [6.45, 7) is 6.57. The molecule has 3 rings (SSSR count). The lowest BCUT2D eigenvalue weighted by Gasteiger charge is -2.35. The van der Waals surface area contributed by atoms with Crippen LogP contribution < -0.4 is 0 Å². The third-order valence-electron chi connectivity index (χ3n) is 4.98. The molecule has 1 N–H and O–H groups in total. The van der Waals surface area contributed by atoms with Gasteiger partial charge in [0.1, 0.15) is 5.82 Å². The maximum atomic E-state index is 12.6. The monoisotopic (exact) mass is 348 g/mol. The summed E-state index contributed by atoms with van der Waals surface area (Å²) in [4.78, 5) is 35.0. The zero-order valence-corrected chi connectivity index (χ0v) is 15.0. The van der Waals surface area contributed by atoms with Crippen molar-refractivity contribution < 1.29 is 9.59 Å². The highest BCUT2D eigenvalue weighted by Crippen LogP contribution is 2.13. The van der Waals surface area contributed by atoms with Crippen molar-refractivity contribution in [1.82, 2.24) is 29.9 Å². The third-order valence-corrected chi connectivity index (χ3v) is 4.98. The minimum Gasteiger partial charge on any atom is -0.339 e. The van der Waals surface area contributed by atoms with Gasteiger partial charge in [-0.25, -0.2) is 4.98 Å². The van der Waals surface area contributed by atoms with Crippen LogP contribution in [0.4, 0.5) is 0 Å². The SMILES string of the molecule is Cc1nc(CN2CCN(C(=O)CN3CCCCCCC3=O)CC2)n[nH]1. The van der Waals surface area contributed by atoms with Gasteiger partial charge in [-0.2, -0.15) is 5.10 Å². The smallest absolute Gasteiger partial charge is 0.242 e. The summed E-state index contributed by atoms with van der Waals surface area (Å²) < 4.78 is 0. The van der Waals surface area contributed by atoms with Crippen molar-refractivity contribution in [1.29, 1.82) is 0 Å². The number of carbonyl (C=O) groups excluding carboxylic acids is 2. The fourth-order valence-corrected chi connectivity index (χ4v) is 3.46. The molecule has 0 unspecified atom stereocenters. The van der Waals surface area contributed by atoms with Crippen LogP contribution in [-0.4, -0.2) is 81.0 Å². The molecule has 1 aromatic rings. The van der Waals surface area contributed by atoms with Crippen LogP contribution in [0.1, 0.15) is 43.8 Å². The van der Waals surface area contributed by atoms with Gasteiger partial charge in [0.25, 0.3) is 0 Å². The number of hydrogen-bond donors (Lipinski definition) is 1. The number of carbonyl (C=O) groups is 2. The fraction of sp³-hybridized carbons (Fsp3) is 0.765. The van der Waals surface area contributed by atoms with Crippen LogP contribution in [0.25, 0.3) is 0 Å². The zero-order chi connectivity index (χ0) is 17.6. The van der Waals surface area contributed by atoms with E-state index in [1.807, 2.05) is 11.8 Å². The molecule has 0 saturated carbocycles. The first-order valence-electron chi connectivity index (χ1n) is 9.27. The second-order valence-electron chi connectivity index (χ2n) is 6.97. The molecule has 138 valence electrons. The van der Waals surface area contributed by atoms with E-state index in [4.69, 9.17) is 0 Å². The van der Waals surface area contributed by atoms with Crippen molar-refractivity contribution in [3.05, 3.63) is 11.6 Å². The highest BCUT2D eigenvalue weighted by atomic mass is 16.2. The lowest BCUT2D eigenvalue weighted by Crippen LogP contribution is -2.51. The Bertz CT molecular complexity index is 594. The van der Waals surface area contributed by atoms with Crippen molar-refractivity contribution in [2.45, 2.75) is 45.6 Å². The van der Waals surface area contributed by atoms with Gasteiger partial charge in [0.05, 0.1) is 13.1 Å². The maximum absolute atomic E-state index is 12.6. The summed E-state index contributed by atoms with van der Waals surface area (Å²) in [5.74, 6) is 1.82. The molecule has 8 heteroatoms. The van der Waals surface area contributed by atoms with Gasteiger partial charge < -0.3 is 9.80 Å². The standard InChI is InChI=1S/C17H28N6O2/c1-14-18-15(20-19-14)12-21-8-10-22(11-9-21)17(25)13-23-7-5-3-2-4-6-16(23)24/h2-13H2,1H3,(H,18,19,20). The van der Waals surface area contributed by atoms with Gasteiger partial charge in [0.15, 0.2) is 5.82 Å². The van der Waals surface area contributed by atoms with E-state index in [1.54, 1.807) is 4.90 Å². The minimum absolute atomic E-state index is 0.0716. The summed E-state index contributed by atoms with van der Waals surface area (Å²) in [6.07, 6.45) is 4.81. The van der Waals surface area contributed by atoms with Crippen LogP contribution in [0.15, 0.2) is 0 Å². The van der Waals surface area contributed by atoms with E-state index >= 15 is 0 Å². The van der Waals surface area contributed by atoms with Gasteiger partial charge in [0.2, 0.25) is 11.8 Å². The number of aryl methyl sites for hydroxylation is 1. The number of hydrogen-bond acceptors (Lipinski definition) is 5. The van der Waals surface area contributed by atoms with Gasteiger partial charge in [-0.3, -0.25) is 19.6 Å². The molecule has 0 spiro atoms. The van der Waals surface area contributed by atoms with Crippen LogP contribution in [0, 0.1) is 6.92 Å². The van der Waals surface area contributed by atoms with Crippen LogP contribution in [0.5, 0.6) is 0 Å². The molecule has 25 heavy (non-hydrogen) atoms. The number of H-pyrrole nitrogens is 1. The first kappa shape index (κ1) is 17.8. The first-order valence-corrected chi connectivity index (χ1v) is 9.27. The topological polar surface area (TPSA) is 85.4 Å². The predicted octanol–water partition coefficient (Wildman–Crippen LogP) is 0.550. The van der Waals surface area contributed by atoms with Crippen LogP contribution >= 0.6 is 0 Å². The number of rotatable bonds is 4. The Balaban J connectivity index is 1.45. The van der Waals surface area contributed by atoms with Gasteiger partial charge in [-0.1, -0.05) is 12.8 Å². The molecule has 1 aromatic heterocycles. The van der Waals surface area contributed by atoms with Crippen molar-refractivity contribution >= 4 is 11.8 Å². The van der Waals surface area contributed by atoms with Crippen molar-refractivity contribution in [2.24, 2.45) is 0 Å². The second-order valence-corrected chi connectivity index (χ2v) is 6.97. The summed E-state index contributed by atoms with van der Waals surface area (Å²) in [7, 11) is 0. The number of nitrogens with one attached hydrogen (secondary N) is 1. The van der Waals surface area contributed by atoms with E-state index in [9.17, 15) is 9.59 Å². The number of aromatic amines is 1. The van der Waals surface area contributed by atoms with Crippen molar-refractivity contribution in [3.8, 4) is 0 Å². The van der Waals surface area contributed by atoms with E-state index in [1.165, 1.54) is 0 Å². The molecule has 0 bridgehead atoms. The molecular weight excluding hydrogens is 320 g/mol. The van der Waals surface area contributed by atoms with E-state index in [0.717, 1.165) is 50.4 Å². The molecule has 8 nitrogen and oxygen atoms in total. The highest BCUT2D eigenvalue weighted by Gasteiger charge is 2.25. The van der Waals surface area contributed by atoms with Crippen molar-refractivity contribution in [2.75, 3.05) is 39.3 Å². The average Bonchev–Trinajstić information content (AvgIpc) is 3.00. The van der Waals surface area contributed by atoms with E-state index in [0.29, 0.717) is 32.6 Å². The normalized spacial score (nSPS) is 20.4. The van der Waals surface area contributed by atoms with Gasteiger partial charge >= 0.3 is 0 Å². The minimum atomic E-state index is 0.0716. The van der Waals surface area contributed by atoms with E-state index < -0.39 is 0 Å². The number of aromatic nitrogens is 3. The average molecular weight is 348 g/mol. The quantitative estimate of drug-likeness (QED) is 0.859. The first-order chi connectivity index (χ1) is 12.1. The highest BCUT2D eigenvalue weighted by molar-refractivity contribution is 5.85. The summed E-state index contributed by atoms with van der Waals surface area (Å²) in [5, 5.41) is 7.02. The Morgan fingerprint density at radius 3 is 2.56 bits per heavy atom. The Hall–Kier alpha value is -1.96. The second kappa shape index (κ2) is 8.42. The fourth-order valence-electron chi connectivity index (χ4n) is 3.46. The summed E-state index contributed by atoms with van der Waals surface area (Å²) >= 11 is 0. The van der Waals surface area contributed by atoms with Gasteiger partial charge in [0, 0.05) is 39.1 Å². The Morgan fingerprint density at radius 1 is 1.08 bits per heavy atom. The molecule has 2 fully saturated rings. The van der Waals surface area contributed by atoms with E-state index in [2.05, 4.69) is 20.1 Å². The Labute approximate surface area is 148 Å². The molecule has 2 saturated heterocycles. The van der Waals surface area contributed by atoms with E-state index in [-0.39, 0.29) is 18.4 Å². The Kier molecular flexibility index (Phi) is 6.01. The summed E-state index contributed by atoms with van der Waals surface area (Å²) in [5.41, 5.74) is 0. The Morgan fingerprint density at radius 2 is 1.84 bits per heavy atom. The van der Waals surface area contributed by atoms with Crippen LogP contribution in [0.2, 0.25) is 0 Å². The molecular formula is C17H28N6O2. The predicted molar refractivity (Wildman–Crippen MR) is 92.6 cm³/mol. The zero-order valence-electron chi connectivity index (χ0n) is 15.0. The molecule has 2 aliphatic heterocycles. The number of likely N-dealkylation sites (tertiary alicyclic amines) is 1. The summed E-state index contributed by atoms with van der Waals surface area (Å²) in [6, 6.07) is 0. The van der Waals surface area contributed by atoms with Gasteiger partial charge in [-0.15, -0.1) is 0 Å². The van der Waals surface area contributed by atoms with Crippen LogP contribution in [-0.2, 0) is 16.1 Å². The molecule has 0 aliphatic carbocycles. The largest absolute Gasteiger partial charge is 0.339 e. The molecule has 2 amide bonds. The molecule has 3 heterocycles. The molecule has 0 aromatic carbocycles. The number of piperazine rings is 1. The lowest BCUT2D eigenvalue weighted by atomic mass is 10.1. The maximum Gasteiger partial charge on any atom is 0.242 e. The number of nitrogens with zero attached hydrogens (tertiary/aromatic N) is 5. The molecule has 2 aliphatic rings. The molecule has 0 radical (unpaired) electrons. The number of amides is 2.